The first-order valence-electron chi connectivity index (χ1n) is 4.52. The van der Waals surface area contributed by atoms with Gasteiger partial charge < -0.3 is 4.74 Å². The molecule has 0 aliphatic heterocycles. The Morgan fingerprint density at radius 3 is 2.79 bits per heavy atom. The fraction of sp³-hybridized carbons (Fsp3) is 0.250. The van der Waals surface area contributed by atoms with Gasteiger partial charge in [-0.1, -0.05) is 18.7 Å². The highest BCUT2D eigenvalue weighted by Gasteiger charge is 2.01. The number of ether oxygens (including phenoxy) is 1. The Morgan fingerprint density at radius 1 is 1.50 bits per heavy atom. The number of hydrogen-bond acceptors (Lipinski definition) is 2. The van der Waals surface area contributed by atoms with Crippen LogP contribution in [-0.4, -0.2) is 12.1 Å². The molecule has 0 aromatic carbocycles. The van der Waals surface area contributed by atoms with Gasteiger partial charge in [0.25, 0.3) is 0 Å². The number of aryl methyl sites for hydroxylation is 1. The van der Waals surface area contributed by atoms with Gasteiger partial charge in [0.05, 0.1) is 12.8 Å². The summed E-state index contributed by atoms with van der Waals surface area (Å²) in [5.41, 5.74) is 2.69. The summed E-state index contributed by atoms with van der Waals surface area (Å²) in [6.07, 6.45) is 3.88. The van der Waals surface area contributed by atoms with E-state index < -0.39 is 0 Å². The number of rotatable bonds is 3. The third kappa shape index (κ3) is 2.46. The minimum absolute atomic E-state index is 0.818. The molecule has 1 aromatic heterocycles. The Balaban J connectivity index is 3.08. The first kappa shape index (κ1) is 10.5. The van der Waals surface area contributed by atoms with Crippen molar-refractivity contribution in [1.29, 1.82) is 0 Å². The summed E-state index contributed by atoms with van der Waals surface area (Å²) in [7, 11) is 1.65. The highest BCUT2D eigenvalue weighted by molar-refractivity contribution is 5.70. The molecule has 1 rings (SSSR count). The standard InChI is InChI=1S/C12H15NO/c1-5-6-9(2)12-8-11(14-4)7-10(3)13-12/h5-8H,2H2,1,3-4H3. The van der Waals surface area contributed by atoms with Gasteiger partial charge >= 0.3 is 0 Å². The molecule has 1 aromatic rings. The fourth-order valence-electron chi connectivity index (χ4n) is 1.21. The van der Waals surface area contributed by atoms with Crippen LogP contribution < -0.4 is 4.74 Å². The van der Waals surface area contributed by atoms with Crippen molar-refractivity contribution < 1.29 is 4.74 Å². The number of methoxy groups -OCH3 is 1. The minimum atomic E-state index is 0.818. The van der Waals surface area contributed by atoms with E-state index in [9.17, 15) is 0 Å². The molecule has 74 valence electrons. The lowest BCUT2D eigenvalue weighted by Gasteiger charge is -2.05. The summed E-state index contributed by atoms with van der Waals surface area (Å²) in [6.45, 7) is 7.82. The summed E-state index contributed by atoms with van der Waals surface area (Å²) in [4.78, 5) is 4.37. The summed E-state index contributed by atoms with van der Waals surface area (Å²) < 4.78 is 5.16. The fourth-order valence-corrected chi connectivity index (χ4v) is 1.21. The highest BCUT2D eigenvalue weighted by atomic mass is 16.5. The Kier molecular flexibility index (Phi) is 3.46. The SMILES string of the molecule is C=C(C=CC)c1cc(OC)cc(C)n1. The first-order chi connectivity index (χ1) is 6.67. The van der Waals surface area contributed by atoms with Gasteiger partial charge in [0, 0.05) is 17.8 Å². The lowest BCUT2D eigenvalue weighted by atomic mass is 10.1. The van der Waals surface area contributed by atoms with Gasteiger partial charge in [-0.05, 0) is 19.4 Å². The van der Waals surface area contributed by atoms with Crippen LogP contribution >= 0.6 is 0 Å². The van der Waals surface area contributed by atoms with E-state index in [2.05, 4.69) is 11.6 Å². The van der Waals surface area contributed by atoms with E-state index in [4.69, 9.17) is 4.74 Å². The highest BCUT2D eigenvalue weighted by Crippen LogP contribution is 2.19. The zero-order valence-corrected chi connectivity index (χ0v) is 8.87. The predicted octanol–water partition coefficient (Wildman–Crippen LogP) is 2.99. The lowest BCUT2D eigenvalue weighted by molar-refractivity contribution is 0.413. The van der Waals surface area contributed by atoms with Gasteiger partial charge in [-0.2, -0.15) is 0 Å². The molecule has 0 fully saturated rings. The third-order valence-electron chi connectivity index (χ3n) is 1.86. The molecule has 0 spiro atoms. The number of aromatic nitrogens is 1. The number of hydrogen-bond donors (Lipinski definition) is 0. The van der Waals surface area contributed by atoms with Gasteiger partial charge in [0.1, 0.15) is 5.75 Å². The molecule has 0 amide bonds. The monoisotopic (exact) mass is 189 g/mol. The van der Waals surface area contributed by atoms with Crippen molar-refractivity contribution in [2.75, 3.05) is 7.11 Å². The first-order valence-corrected chi connectivity index (χ1v) is 4.52. The summed E-state index contributed by atoms with van der Waals surface area (Å²) >= 11 is 0. The van der Waals surface area contributed by atoms with Gasteiger partial charge in [-0.25, -0.2) is 0 Å². The molecule has 0 aliphatic carbocycles. The van der Waals surface area contributed by atoms with Gasteiger partial charge in [0.15, 0.2) is 0 Å². The number of pyridine rings is 1. The molecule has 0 radical (unpaired) electrons. The van der Waals surface area contributed by atoms with Crippen LogP contribution in [0.2, 0.25) is 0 Å². The molecule has 0 saturated heterocycles. The van der Waals surface area contributed by atoms with Crippen LogP contribution in [0.25, 0.3) is 5.57 Å². The molecule has 0 bridgehead atoms. The molecule has 2 nitrogen and oxygen atoms in total. The molecule has 2 heteroatoms. The van der Waals surface area contributed by atoms with E-state index in [0.717, 1.165) is 22.7 Å². The third-order valence-corrected chi connectivity index (χ3v) is 1.86. The molecule has 1 heterocycles. The van der Waals surface area contributed by atoms with Crippen molar-refractivity contribution in [3.63, 3.8) is 0 Å². The zero-order chi connectivity index (χ0) is 10.6. The van der Waals surface area contributed by atoms with E-state index in [0.29, 0.717) is 0 Å². The van der Waals surface area contributed by atoms with Crippen molar-refractivity contribution in [2.24, 2.45) is 0 Å². The van der Waals surface area contributed by atoms with Crippen LogP contribution in [0.4, 0.5) is 0 Å². The predicted molar refractivity (Wildman–Crippen MR) is 59.4 cm³/mol. The van der Waals surface area contributed by atoms with Crippen molar-refractivity contribution in [3.8, 4) is 5.75 Å². The van der Waals surface area contributed by atoms with Gasteiger partial charge in [-0.3, -0.25) is 4.98 Å². The van der Waals surface area contributed by atoms with Crippen molar-refractivity contribution in [3.05, 3.63) is 42.3 Å². The van der Waals surface area contributed by atoms with Crippen LogP contribution in [0.5, 0.6) is 5.75 Å². The molecule has 0 aliphatic rings. The van der Waals surface area contributed by atoms with Crippen LogP contribution in [0, 0.1) is 6.92 Å². The van der Waals surface area contributed by atoms with E-state index in [-0.39, 0.29) is 0 Å². The van der Waals surface area contributed by atoms with Crippen LogP contribution in [-0.2, 0) is 0 Å². The number of nitrogens with zero attached hydrogens (tertiary/aromatic N) is 1. The average molecular weight is 189 g/mol. The maximum atomic E-state index is 5.16. The Bertz CT molecular complexity index is 367. The molecular weight excluding hydrogens is 174 g/mol. The normalized spacial score (nSPS) is 10.5. The van der Waals surface area contributed by atoms with E-state index >= 15 is 0 Å². The van der Waals surface area contributed by atoms with E-state index in [1.807, 2.05) is 38.1 Å². The maximum Gasteiger partial charge on any atom is 0.122 e. The zero-order valence-electron chi connectivity index (χ0n) is 8.87. The molecule has 0 saturated carbocycles. The second kappa shape index (κ2) is 4.61. The Labute approximate surface area is 84.9 Å². The minimum Gasteiger partial charge on any atom is -0.497 e. The molecule has 0 unspecified atom stereocenters. The van der Waals surface area contributed by atoms with Crippen molar-refractivity contribution >= 4 is 5.57 Å². The second-order valence-corrected chi connectivity index (χ2v) is 3.06. The molecule has 14 heavy (non-hydrogen) atoms. The van der Waals surface area contributed by atoms with E-state index in [1.165, 1.54) is 0 Å². The second-order valence-electron chi connectivity index (χ2n) is 3.06. The Hall–Kier alpha value is -1.57. The van der Waals surface area contributed by atoms with Crippen molar-refractivity contribution in [2.45, 2.75) is 13.8 Å². The summed E-state index contributed by atoms with van der Waals surface area (Å²) in [5.74, 6) is 0.818. The smallest absolute Gasteiger partial charge is 0.122 e. The average Bonchev–Trinajstić information content (AvgIpc) is 2.17. The van der Waals surface area contributed by atoms with Gasteiger partial charge in [-0.15, -0.1) is 0 Å². The number of allylic oxidation sites excluding steroid dienone is 3. The van der Waals surface area contributed by atoms with Crippen molar-refractivity contribution in [1.82, 2.24) is 4.98 Å². The van der Waals surface area contributed by atoms with Crippen LogP contribution in [0.15, 0.2) is 30.9 Å². The Morgan fingerprint density at radius 2 is 2.21 bits per heavy atom. The summed E-state index contributed by atoms with van der Waals surface area (Å²) in [6, 6.07) is 3.78. The quantitative estimate of drug-likeness (QED) is 0.682. The molecular formula is C12H15NO. The topological polar surface area (TPSA) is 22.1 Å². The summed E-state index contributed by atoms with van der Waals surface area (Å²) in [5, 5.41) is 0. The van der Waals surface area contributed by atoms with Gasteiger partial charge in [0.2, 0.25) is 0 Å². The van der Waals surface area contributed by atoms with E-state index in [1.54, 1.807) is 7.11 Å². The van der Waals surface area contributed by atoms with Crippen LogP contribution in [0.1, 0.15) is 18.3 Å². The molecule has 0 atom stereocenters. The molecule has 0 N–H and O–H groups in total. The maximum absolute atomic E-state index is 5.16. The van der Waals surface area contributed by atoms with Crippen LogP contribution in [0.3, 0.4) is 0 Å². The largest absolute Gasteiger partial charge is 0.497 e. The lowest BCUT2D eigenvalue weighted by Crippen LogP contribution is -1.92.